The molecule has 0 unspecified atom stereocenters. The van der Waals surface area contributed by atoms with E-state index in [1.54, 1.807) is 12.1 Å². The van der Waals surface area contributed by atoms with Crippen LogP contribution in [0.1, 0.15) is 0 Å². The van der Waals surface area contributed by atoms with E-state index in [-0.39, 0.29) is 18.1 Å². The van der Waals surface area contributed by atoms with Gasteiger partial charge in [-0.3, -0.25) is 0 Å². The molecule has 1 aromatic rings. The highest BCUT2D eigenvalue weighted by Gasteiger charge is 2.30. The summed E-state index contributed by atoms with van der Waals surface area (Å²) in [6, 6.07) is 4.76. The third-order valence-corrected chi connectivity index (χ3v) is 2.54. The van der Waals surface area contributed by atoms with E-state index >= 15 is 0 Å². The molecule has 0 aliphatic carbocycles. The topological polar surface area (TPSA) is 84.9 Å². The summed E-state index contributed by atoms with van der Waals surface area (Å²) in [5.74, 6) is 0.281. The minimum atomic E-state index is -3.96. The lowest BCUT2D eigenvalue weighted by molar-refractivity contribution is 0.311. The monoisotopic (exact) mass is 231 g/mol. The highest BCUT2D eigenvalue weighted by atomic mass is 32.3. The van der Waals surface area contributed by atoms with Crippen molar-refractivity contribution in [3.63, 3.8) is 0 Å². The van der Waals surface area contributed by atoms with Crippen LogP contribution in [-0.2, 0) is 10.4 Å². The van der Waals surface area contributed by atoms with Crippen molar-refractivity contribution in [2.75, 3.05) is 18.5 Å². The molecule has 0 saturated carbocycles. The van der Waals surface area contributed by atoms with E-state index in [0.717, 1.165) is 0 Å². The van der Waals surface area contributed by atoms with Crippen LogP contribution in [0, 0.1) is 0 Å². The molecule has 82 valence electrons. The Hall–Kier alpha value is -1.47. The molecule has 0 fully saturated rings. The summed E-state index contributed by atoms with van der Waals surface area (Å²) in [7, 11) is -3.96. The van der Waals surface area contributed by atoms with Crippen molar-refractivity contribution in [2.45, 2.75) is 0 Å². The van der Waals surface area contributed by atoms with Gasteiger partial charge in [0.05, 0.1) is 12.3 Å². The lowest BCUT2D eigenvalue weighted by atomic mass is 10.2. The van der Waals surface area contributed by atoms with Gasteiger partial charge >= 0.3 is 10.4 Å². The zero-order valence-corrected chi connectivity index (χ0v) is 8.45. The Morgan fingerprint density at radius 2 is 2.13 bits per heavy atom. The fourth-order valence-electron chi connectivity index (χ4n) is 1.23. The SMILES string of the molecule is O=S1(=O)Oc2cccc(NCCO)c2O1. The van der Waals surface area contributed by atoms with Crippen LogP contribution in [0.25, 0.3) is 0 Å². The molecule has 0 spiro atoms. The number of hydrogen-bond donors (Lipinski definition) is 2. The van der Waals surface area contributed by atoms with E-state index < -0.39 is 10.4 Å². The van der Waals surface area contributed by atoms with E-state index in [4.69, 9.17) is 5.11 Å². The van der Waals surface area contributed by atoms with Crippen LogP contribution in [-0.4, -0.2) is 26.7 Å². The number of para-hydroxylation sites is 1. The van der Waals surface area contributed by atoms with Gasteiger partial charge in [0.15, 0.2) is 5.75 Å². The van der Waals surface area contributed by atoms with Crippen LogP contribution in [0.4, 0.5) is 5.69 Å². The molecule has 0 amide bonds. The smallest absolute Gasteiger partial charge is 0.395 e. The second kappa shape index (κ2) is 3.59. The van der Waals surface area contributed by atoms with Gasteiger partial charge in [0.1, 0.15) is 0 Å². The second-order valence-corrected chi connectivity index (χ2v) is 4.01. The van der Waals surface area contributed by atoms with Gasteiger partial charge in [-0.2, -0.15) is 0 Å². The summed E-state index contributed by atoms with van der Waals surface area (Å²) in [4.78, 5) is 0. The maximum absolute atomic E-state index is 11.0. The van der Waals surface area contributed by atoms with Crippen LogP contribution < -0.4 is 13.7 Å². The second-order valence-electron chi connectivity index (χ2n) is 2.86. The minimum Gasteiger partial charge on any atom is -0.395 e. The quantitative estimate of drug-likeness (QED) is 0.767. The minimum absolute atomic E-state index is 0.0583. The summed E-state index contributed by atoms with van der Waals surface area (Å²) in [5.41, 5.74) is 0.475. The molecule has 6 nitrogen and oxygen atoms in total. The molecule has 0 bridgehead atoms. The molecule has 2 N–H and O–H groups in total. The van der Waals surface area contributed by atoms with Crippen molar-refractivity contribution in [3.05, 3.63) is 18.2 Å². The molecule has 1 aromatic carbocycles. The van der Waals surface area contributed by atoms with Crippen molar-refractivity contribution in [3.8, 4) is 11.5 Å². The average molecular weight is 231 g/mol. The predicted molar refractivity (Wildman–Crippen MR) is 52.2 cm³/mol. The van der Waals surface area contributed by atoms with Crippen molar-refractivity contribution in [1.29, 1.82) is 0 Å². The number of benzene rings is 1. The highest BCUT2D eigenvalue weighted by Crippen LogP contribution is 2.41. The maximum atomic E-state index is 11.0. The normalized spacial score (nSPS) is 16.3. The van der Waals surface area contributed by atoms with E-state index in [2.05, 4.69) is 13.7 Å². The fraction of sp³-hybridized carbons (Fsp3) is 0.250. The molecular formula is C8H9NO5S. The zero-order chi connectivity index (χ0) is 10.9. The summed E-state index contributed by atoms with van der Waals surface area (Å²) < 4.78 is 31.2. The van der Waals surface area contributed by atoms with Crippen molar-refractivity contribution < 1.29 is 21.9 Å². The first-order valence-electron chi connectivity index (χ1n) is 4.24. The lowest BCUT2D eigenvalue weighted by Gasteiger charge is -2.05. The maximum Gasteiger partial charge on any atom is 0.501 e. The number of fused-ring (bicyclic) bond motifs is 1. The van der Waals surface area contributed by atoms with Gasteiger partial charge in [-0.15, -0.1) is 8.42 Å². The Balaban J connectivity index is 2.33. The van der Waals surface area contributed by atoms with Crippen LogP contribution >= 0.6 is 0 Å². The molecule has 2 rings (SSSR count). The molecule has 0 saturated heterocycles. The summed E-state index contributed by atoms with van der Waals surface area (Å²) in [6.07, 6.45) is 0. The van der Waals surface area contributed by atoms with Gasteiger partial charge in [0.25, 0.3) is 0 Å². The molecular weight excluding hydrogens is 222 g/mol. The van der Waals surface area contributed by atoms with Gasteiger partial charge in [-0.1, -0.05) is 6.07 Å². The van der Waals surface area contributed by atoms with Gasteiger partial charge < -0.3 is 18.8 Å². The molecule has 15 heavy (non-hydrogen) atoms. The van der Waals surface area contributed by atoms with Crippen LogP contribution in [0.3, 0.4) is 0 Å². The third kappa shape index (κ3) is 1.97. The first-order chi connectivity index (χ1) is 7.12. The van der Waals surface area contributed by atoms with Crippen molar-refractivity contribution >= 4 is 16.1 Å². The van der Waals surface area contributed by atoms with E-state index in [0.29, 0.717) is 12.2 Å². The Labute approximate surface area is 86.8 Å². The Morgan fingerprint density at radius 1 is 1.33 bits per heavy atom. The molecule has 1 heterocycles. The predicted octanol–water partition coefficient (Wildman–Crippen LogP) is 0.107. The van der Waals surface area contributed by atoms with Crippen LogP contribution in [0.5, 0.6) is 11.5 Å². The van der Waals surface area contributed by atoms with Crippen molar-refractivity contribution in [1.82, 2.24) is 0 Å². The highest BCUT2D eigenvalue weighted by molar-refractivity contribution is 7.82. The summed E-state index contributed by atoms with van der Waals surface area (Å²) >= 11 is 0. The molecule has 0 aromatic heterocycles. The van der Waals surface area contributed by atoms with Crippen LogP contribution in [0.2, 0.25) is 0 Å². The number of rotatable bonds is 3. The number of aliphatic hydroxyl groups is 1. The summed E-state index contributed by atoms with van der Waals surface area (Å²) in [6.45, 7) is 0.247. The summed E-state index contributed by atoms with van der Waals surface area (Å²) in [5, 5.41) is 11.4. The van der Waals surface area contributed by atoms with E-state index in [1.807, 2.05) is 0 Å². The largest absolute Gasteiger partial charge is 0.501 e. The Bertz CT molecular complexity index is 470. The number of aliphatic hydroxyl groups excluding tert-OH is 1. The standard InChI is InChI=1S/C8H9NO5S/c10-5-4-9-6-2-1-3-7-8(6)14-15(11,12)13-7/h1-3,9-10H,4-5H2. The Morgan fingerprint density at radius 3 is 2.87 bits per heavy atom. The number of hydrogen-bond acceptors (Lipinski definition) is 6. The van der Waals surface area contributed by atoms with E-state index in [1.165, 1.54) is 6.07 Å². The number of anilines is 1. The fourth-order valence-corrected chi connectivity index (χ4v) is 1.99. The number of nitrogens with one attached hydrogen (secondary N) is 1. The van der Waals surface area contributed by atoms with Gasteiger partial charge in [0, 0.05) is 6.54 Å². The molecule has 1 aliphatic rings. The van der Waals surface area contributed by atoms with Gasteiger partial charge in [0.2, 0.25) is 5.75 Å². The average Bonchev–Trinajstić information content (AvgIpc) is 2.49. The first kappa shape index (κ1) is 10.1. The molecule has 0 radical (unpaired) electrons. The lowest BCUT2D eigenvalue weighted by Crippen LogP contribution is -2.09. The van der Waals surface area contributed by atoms with Gasteiger partial charge in [-0.05, 0) is 12.1 Å². The molecule has 1 aliphatic heterocycles. The zero-order valence-electron chi connectivity index (χ0n) is 7.63. The van der Waals surface area contributed by atoms with Crippen molar-refractivity contribution in [2.24, 2.45) is 0 Å². The van der Waals surface area contributed by atoms with E-state index in [9.17, 15) is 8.42 Å². The third-order valence-electron chi connectivity index (χ3n) is 1.78. The molecule has 7 heteroatoms. The first-order valence-corrected chi connectivity index (χ1v) is 5.57. The van der Waals surface area contributed by atoms with Gasteiger partial charge in [-0.25, -0.2) is 0 Å². The van der Waals surface area contributed by atoms with Crippen LogP contribution in [0.15, 0.2) is 18.2 Å². The molecule has 0 atom stereocenters. The Kier molecular flexibility index (Phi) is 2.41.